The smallest absolute Gasteiger partial charge is 0.368 e. The van der Waals surface area contributed by atoms with Gasteiger partial charge in [-0.1, -0.05) is 78.9 Å². The van der Waals surface area contributed by atoms with E-state index in [4.69, 9.17) is 0 Å². The van der Waals surface area contributed by atoms with E-state index in [1.165, 1.54) is 6.07 Å². The van der Waals surface area contributed by atoms with Gasteiger partial charge in [-0.05, 0) is 41.5 Å². The number of alkyl halides is 3. The maximum atomic E-state index is 13.7. The first-order valence-electron chi connectivity index (χ1n) is 12.6. The summed E-state index contributed by atoms with van der Waals surface area (Å²) in [6.45, 7) is 2.66. The lowest BCUT2D eigenvalue weighted by Crippen LogP contribution is -2.46. The minimum atomic E-state index is -4.53. The first-order valence-corrected chi connectivity index (χ1v) is 12.6. The molecule has 1 fully saturated rings. The van der Waals surface area contributed by atoms with Gasteiger partial charge in [-0.25, -0.2) is 0 Å². The number of amides is 1. The van der Waals surface area contributed by atoms with Crippen molar-refractivity contribution in [3.05, 3.63) is 126 Å². The number of carbonyl (C=O) groups is 1. The van der Waals surface area contributed by atoms with Crippen LogP contribution in [0.25, 0.3) is 0 Å². The fourth-order valence-electron chi connectivity index (χ4n) is 4.92. The second-order valence-electron chi connectivity index (χ2n) is 9.28. The van der Waals surface area contributed by atoms with E-state index in [1.54, 1.807) is 0 Å². The van der Waals surface area contributed by atoms with Crippen molar-refractivity contribution in [2.45, 2.75) is 12.1 Å². The van der Waals surface area contributed by atoms with E-state index < -0.39 is 17.7 Å². The van der Waals surface area contributed by atoms with Crippen molar-refractivity contribution >= 4 is 23.0 Å². The minimum Gasteiger partial charge on any atom is -0.368 e. The lowest BCUT2D eigenvalue weighted by atomic mass is 9.90. The normalized spacial score (nSPS) is 14.0. The van der Waals surface area contributed by atoms with Gasteiger partial charge in [0.25, 0.3) is 0 Å². The van der Waals surface area contributed by atoms with Gasteiger partial charge in [-0.3, -0.25) is 4.79 Å². The van der Waals surface area contributed by atoms with E-state index in [0.29, 0.717) is 18.8 Å². The summed E-state index contributed by atoms with van der Waals surface area (Å²) in [6.07, 6.45) is -4.53. The molecular weight excluding hydrogens is 487 g/mol. The number of hydrogen-bond acceptors (Lipinski definition) is 3. The van der Waals surface area contributed by atoms with Gasteiger partial charge >= 0.3 is 6.18 Å². The molecule has 4 nitrogen and oxygen atoms in total. The van der Waals surface area contributed by atoms with Crippen molar-refractivity contribution < 1.29 is 18.0 Å². The third kappa shape index (κ3) is 5.67. The summed E-state index contributed by atoms with van der Waals surface area (Å²) in [6, 6.07) is 32.2. The van der Waals surface area contributed by atoms with Crippen LogP contribution in [-0.2, 0) is 11.0 Å². The Kier molecular flexibility index (Phi) is 7.36. The molecule has 1 saturated heterocycles. The molecule has 1 amide bonds. The number of rotatable bonds is 6. The summed E-state index contributed by atoms with van der Waals surface area (Å²) in [5, 5.41) is 2.87. The molecule has 0 atom stereocenters. The van der Waals surface area contributed by atoms with E-state index in [-0.39, 0.29) is 11.6 Å². The zero-order chi connectivity index (χ0) is 26.5. The van der Waals surface area contributed by atoms with E-state index in [9.17, 15) is 18.0 Å². The average molecular weight is 516 g/mol. The standard InChI is InChI=1S/C31H28F3N3O/c32-31(33,34)25-16-17-28(37-20-18-36(19-21-37)26-14-8-3-9-15-26)27(22-25)35-30(38)29(23-10-4-1-5-11-23)24-12-6-2-7-13-24/h1-17,22,29H,18-21H2,(H,35,38). The SMILES string of the molecule is O=C(Nc1cc(C(F)(F)F)ccc1N1CCN(c2ccccc2)CC1)C(c1ccccc1)c1ccccc1. The van der Waals surface area contributed by atoms with Crippen LogP contribution in [0.1, 0.15) is 22.6 Å². The molecule has 0 aromatic heterocycles. The zero-order valence-electron chi connectivity index (χ0n) is 20.7. The van der Waals surface area contributed by atoms with Crippen LogP contribution in [0.15, 0.2) is 109 Å². The Morgan fingerprint density at radius 2 is 1.18 bits per heavy atom. The van der Waals surface area contributed by atoms with Gasteiger partial charge in [0.1, 0.15) is 0 Å². The molecule has 0 unspecified atom stereocenters. The highest BCUT2D eigenvalue weighted by Crippen LogP contribution is 2.37. The largest absolute Gasteiger partial charge is 0.416 e. The highest BCUT2D eigenvalue weighted by molar-refractivity contribution is 6.00. The van der Waals surface area contributed by atoms with E-state index in [1.807, 2.05) is 95.9 Å². The first-order chi connectivity index (χ1) is 18.4. The Morgan fingerprint density at radius 3 is 1.71 bits per heavy atom. The second-order valence-corrected chi connectivity index (χ2v) is 9.28. The van der Waals surface area contributed by atoms with Crippen LogP contribution in [0.3, 0.4) is 0 Å². The molecule has 1 heterocycles. The topological polar surface area (TPSA) is 35.6 Å². The van der Waals surface area contributed by atoms with Gasteiger partial charge < -0.3 is 15.1 Å². The maximum absolute atomic E-state index is 13.7. The predicted molar refractivity (Wildman–Crippen MR) is 146 cm³/mol. The summed E-state index contributed by atoms with van der Waals surface area (Å²) >= 11 is 0. The van der Waals surface area contributed by atoms with Crippen LogP contribution in [0.4, 0.5) is 30.2 Å². The third-order valence-corrected chi connectivity index (χ3v) is 6.85. The summed E-state index contributed by atoms with van der Waals surface area (Å²) in [5.74, 6) is -1.05. The number of halogens is 3. The first kappa shape index (κ1) is 25.4. The number of nitrogens with one attached hydrogen (secondary N) is 1. The summed E-state index contributed by atoms with van der Waals surface area (Å²) in [5.41, 5.74) is 2.59. The monoisotopic (exact) mass is 515 g/mol. The van der Waals surface area contributed by atoms with Gasteiger partial charge in [-0.2, -0.15) is 13.2 Å². The minimum absolute atomic E-state index is 0.162. The zero-order valence-corrected chi connectivity index (χ0v) is 20.7. The number of benzene rings is 4. The Labute approximate surface area is 220 Å². The quantitative estimate of drug-likeness (QED) is 0.307. The Morgan fingerprint density at radius 1 is 0.684 bits per heavy atom. The number of carbonyl (C=O) groups excluding carboxylic acids is 1. The number of anilines is 3. The lowest BCUT2D eigenvalue weighted by Gasteiger charge is -2.38. The van der Waals surface area contributed by atoms with Crippen LogP contribution < -0.4 is 15.1 Å². The van der Waals surface area contributed by atoms with Crippen molar-refractivity contribution in [3.8, 4) is 0 Å². The Balaban J connectivity index is 1.45. The average Bonchev–Trinajstić information content (AvgIpc) is 2.94. The number of piperazine rings is 1. The number of para-hydroxylation sites is 1. The number of nitrogens with zero attached hydrogens (tertiary/aromatic N) is 2. The molecule has 38 heavy (non-hydrogen) atoms. The van der Waals surface area contributed by atoms with Gasteiger partial charge in [0.2, 0.25) is 5.91 Å². The molecule has 0 aliphatic carbocycles. The fraction of sp³-hybridized carbons (Fsp3) is 0.194. The molecule has 0 saturated carbocycles. The summed E-state index contributed by atoms with van der Waals surface area (Å²) in [4.78, 5) is 18.0. The lowest BCUT2D eigenvalue weighted by molar-refractivity contribution is -0.137. The van der Waals surface area contributed by atoms with E-state index >= 15 is 0 Å². The third-order valence-electron chi connectivity index (χ3n) is 6.85. The molecule has 0 spiro atoms. The molecule has 4 aromatic carbocycles. The summed E-state index contributed by atoms with van der Waals surface area (Å²) < 4.78 is 41.0. The summed E-state index contributed by atoms with van der Waals surface area (Å²) in [7, 11) is 0. The van der Waals surface area contributed by atoms with Crippen LogP contribution in [0.5, 0.6) is 0 Å². The van der Waals surface area contributed by atoms with Gasteiger partial charge in [-0.15, -0.1) is 0 Å². The second kappa shape index (κ2) is 11.0. The maximum Gasteiger partial charge on any atom is 0.416 e. The van der Waals surface area contributed by atoms with Crippen LogP contribution in [-0.4, -0.2) is 32.1 Å². The molecule has 7 heteroatoms. The molecule has 1 N–H and O–H groups in total. The Bertz CT molecular complexity index is 1310. The van der Waals surface area contributed by atoms with Gasteiger partial charge in [0.05, 0.1) is 22.9 Å². The van der Waals surface area contributed by atoms with Gasteiger partial charge in [0.15, 0.2) is 0 Å². The predicted octanol–water partition coefficient (Wildman–Crippen LogP) is 6.80. The van der Waals surface area contributed by atoms with Gasteiger partial charge in [0, 0.05) is 31.9 Å². The van der Waals surface area contributed by atoms with E-state index in [0.717, 1.165) is 42.0 Å². The molecule has 1 aliphatic heterocycles. The van der Waals surface area contributed by atoms with Crippen molar-refractivity contribution in [2.24, 2.45) is 0 Å². The van der Waals surface area contributed by atoms with E-state index in [2.05, 4.69) is 10.2 Å². The van der Waals surface area contributed by atoms with Crippen molar-refractivity contribution in [1.82, 2.24) is 0 Å². The molecule has 4 aromatic rings. The Hall–Kier alpha value is -4.26. The fourth-order valence-corrected chi connectivity index (χ4v) is 4.92. The van der Waals surface area contributed by atoms with Crippen molar-refractivity contribution in [3.63, 3.8) is 0 Å². The highest BCUT2D eigenvalue weighted by Gasteiger charge is 2.33. The molecule has 0 radical (unpaired) electrons. The molecule has 0 bridgehead atoms. The van der Waals surface area contributed by atoms with Crippen LogP contribution in [0, 0.1) is 0 Å². The van der Waals surface area contributed by atoms with Crippen LogP contribution in [0.2, 0.25) is 0 Å². The van der Waals surface area contributed by atoms with Crippen molar-refractivity contribution in [1.29, 1.82) is 0 Å². The molecule has 194 valence electrons. The van der Waals surface area contributed by atoms with Crippen LogP contribution >= 0.6 is 0 Å². The molecule has 5 rings (SSSR count). The number of hydrogen-bond donors (Lipinski definition) is 1. The highest BCUT2D eigenvalue weighted by atomic mass is 19.4. The van der Waals surface area contributed by atoms with Crippen molar-refractivity contribution in [2.75, 3.05) is 41.3 Å². The molecular formula is C31H28F3N3O. The molecule has 1 aliphatic rings.